The van der Waals surface area contributed by atoms with Crippen LogP contribution < -0.4 is 4.74 Å². The second-order valence-corrected chi connectivity index (χ2v) is 5.88. The van der Waals surface area contributed by atoms with E-state index in [2.05, 4.69) is 20.9 Å². The molecule has 1 heterocycles. The number of nitrogens with zero attached hydrogens (tertiary/aromatic N) is 1. The van der Waals surface area contributed by atoms with E-state index in [9.17, 15) is 5.11 Å². The number of aliphatic hydroxyl groups excluding tert-OH is 1. The fourth-order valence-electron chi connectivity index (χ4n) is 1.83. The molecule has 6 heteroatoms. The highest BCUT2D eigenvalue weighted by Gasteiger charge is 2.08. The Kier molecular flexibility index (Phi) is 5.65. The molecule has 3 nitrogen and oxygen atoms in total. The molecule has 0 spiro atoms. The van der Waals surface area contributed by atoms with E-state index < -0.39 is 0 Å². The van der Waals surface area contributed by atoms with E-state index in [4.69, 9.17) is 27.9 Å². The molecule has 0 radical (unpaired) electrons. The molecule has 0 amide bonds. The van der Waals surface area contributed by atoms with Crippen LogP contribution in [0.5, 0.6) is 5.88 Å². The fourth-order valence-corrected chi connectivity index (χ4v) is 2.59. The molecule has 110 valence electrons. The second-order valence-electron chi connectivity index (χ2n) is 4.18. The Balaban J connectivity index is 2.47. The van der Waals surface area contributed by atoms with Gasteiger partial charge >= 0.3 is 0 Å². The smallest absolute Gasteiger partial charge is 0.220 e. The van der Waals surface area contributed by atoms with Gasteiger partial charge in [-0.15, -0.1) is 0 Å². The van der Waals surface area contributed by atoms with E-state index >= 15 is 0 Å². The van der Waals surface area contributed by atoms with E-state index in [1.54, 1.807) is 31.5 Å². The van der Waals surface area contributed by atoms with Gasteiger partial charge in [-0.25, -0.2) is 4.98 Å². The van der Waals surface area contributed by atoms with Crippen LogP contribution in [0.3, 0.4) is 0 Å². The van der Waals surface area contributed by atoms with Crippen LogP contribution in [-0.4, -0.2) is 17.2 Å². The first-order valence-electron chi connectivity index (χ1n) is 6.02. The number of benzene rings is 1. The number of methoxy groups -OCH3 is 1. The number of aromatic nitrogens is 1. The molecule has 0 aliphatic heterocycles. The van der Waals surface area contributed by atoms with Crippen molar-refractivity contribution in [3.05, 3.63) is 55.6 Å². The molecule has 2 aromatic rings. The fraction of sp³-hybridized carbons (Fsp3) is 0.133. The van der Waals surface area contributed by atoms with Crippen molar-refractivity contribution in [2.45, 2.75) is 6.61 Å². The van der Waals surface area contributed by atoms with Gasteiger partial charge in [0.05, 0.1) is 23.8 Å². The third-order valence-corrected chi connectivity index (χ3v) is 4.11. The monoisotopic (exact) mass is 387 g/mol. The maximum absolute atomic E-state index is 9.40. The topological polar surface area (TPSA) is 42.4 Å². The van der Waals surface area contributed by atoms with Crippen molar-refractivity contribution in [3.63, 3.8) is 0 Å². The van der Waals surface area contributed by atoms with E-state index in [-0.39, 0.29) is 6.61 Å². The number of hydrogen-bond acceptors (Lipinski definition) is 3. The Labute approximate surface area is 141 Å². The third kappa shape index (κ3) is 3.77. The molecular weight excluding hydrogens is 377 g/mol. The normalized spacial score (nSPS) is 11.1. The number of pyridine rings is 1. The number of rotatable bonds is 4. The summed E-state index contributed by atoms with van der Waals surface area (Å²) in [5.41, 5.74) is 2.16. The van der Waals surface area contributed by atoms with Crippen LogP contribution >= 0.6 is 39.1 Å². The van der Waals surface area contributed by atoms with Crippen LogP contribution in [0.15, 0.2) is 28.9 Å². The lowest BCUT2D eigenvalue weighted by molar-refractivity contribution is 0.281. The summed E-state index contributed by atoms with van der Waals surface area (Å²) in [5, 5.41) is 10.2. The SMILES string of the molecule is COc1ncc(Br)cc1C=Cc1c(CO)ccc(Cl)c1Cl. The molecule has 1 aromatic heterocycles. The lowest BCUT2D eigenvalue weighted by Crippen LogP contribution is -1.92. The highest BCUT2D eigenvalue weighted by molar-refractivity contribution is 9.10. The summed E-state index contributed by atoms with van der Waals surface area (Å²) in [5.74, 6) is 0.498. The molecule has 0 aliphatic carbocycles. The summed E-state index contributed by atoms with van der Waals surface area (Å²) >= 11 is 15.6. The molecule has 0 fully saturated rings. The molecular formula is C15H12BrCl2NO2. The first-order chi connectivity index (χ1) is 10.1. The Bertz CT molecular complexity index is 690. The third-order valence-electron chi connectivity index (χ3n) is 2.86. The predicted octanol–water partition coefficient (Wildman–Crippen LogP) is 4.82. The first kappa shape index (κ1) is 16.3. The van der Waals surface area contributed by atoms with Crippen molar-refractivity contribution in [2.24, 2.45) is 0 Å². The van der Waals surface area contributed by atoms with Gasteiger partial charge in [0.15, 0.2) is 0 Å². The zero-order valence-electron chi connectivity index (χ0n) is 11.1. The zero-order chi connectivity index (χ0) is 15.4. The maximum atomic E-state index is 9.40. The maximum Gasteiger partial charge on any atom is 0.220 e. The summed E-state index contributed by atoms with van der Waals surface area (Å²) in [4.78, 5) is 4.16. The Hall–Kier alpha value is -1.07. The van der Waals surface area contributed by atoms with Crippen LogP contribution in [0.1, 0.15) is 16.7 Å². The number of ether oxygens (including phenoxy) is 1. The van der Waals surface area contributed by atoms with Crippen molar-refractivity contribution in [3.8, 4) is 5.88 Å². The number of aliphatic hydroxyl groups is 1. The standard InChI is InChI=1S/C15H12BrCl2NO2/c1-21-15-9(6-11(16)7-19-15)2-4-12-10(8-20)3-5-13(17)14(12)18/h2-7,20H,8H2,1H3. The van der Waals surface area contributed by atoms with E-state index in [0.29, 0.717) is 27.1 Å². The highest BCUT2D eigenvalue weighted by atomic mass is 79.9. The molecule has 1 aromatic carbocycles. The molecule has 0 saturated heterocycles. The number of hydrogen-bond donors (Lipinski definition) is 1. The Morgan fingerprint density at radius 3 is 2.76 bits per heavy atom. The van der Waals surface area contributed by atoms with Crippen LogP contribution in [-0.2, 0) is 6.61 Å². The minimum absolute atomic E-state index is 0.121. The van der Waals surface area contributed by atoms with Crippen molar-refractivity contribution in [1.29, 1.82) is 0 Å². The lowest BCUT2D eigenvalue weighted by atomic mass is 10.1. The van der Waals surface area contributed by atoms with Crippen LogP contribution in [0.25, 0.3) is 12.2 Å². The van der Waals surface area contributed by atoms with Crippen LogP contribution in [0.4, 0.5) is 0 Å². The van der Waals surface area contributed by atoms with E-state index in [0.717, 1.165) is 10.0 Å². The summed E-state index contributed by atoms with van der Waals surface area (Å²) < 4.78 is 6.04. The van der Waals surface area contributed by atoms with E-state index in [1.807, 2.05) is 12.1 Å². The summed E-state index contributed by atoms with van der Waals surface area (Å²) in [6.45, 7) is -0.121. The van der Waals surface area contributed by atoms with E-state index in [1.165, 1.54) is 0 Å². The first-order valence-corrected chi connectivity index (χ1v) is 7.57. The van der Waals surface area contributed by atoms with Crippen LogP contribution in [0, 0.1) is 0 Å². The average Bonchev–Trinajstić information content (AvgIpc) is 2.49. The van der Waals surface area contributed by atoms with Crippen molar-refractivity contribution in [1.82, 2.24) is 4.98 Å². The second kappa shape index (κ2) is 7.27. The Morgan fingerprint density at radius 2 is 2.10 bits per heavy atom. The van der Waals surface area contributed by atoms with Crippen LogP contribution in [0.2, 0.25) is 10.0 Å². The lowest BCUT2D eigenvalue weighted by Gasteiger charge is -2.08. The van der Waals surface area contributed by atoms with Gasteiger partial charge in [-0.05, 0) is 39.7 Å². The summed E-state index contributed by atoms with van der Waals surface area (Å²) in [6.07, 6.45) is 5.25. The van der Waals surface area contributed by atoms with Gasteiger partial charge in [0.1, 0.15) is 0 Å². The van der Waals surface area contributed by atoms with Gasteiger partial charge in [-0.1, -0.05) is 35.3 Å². The summed E-state index contributed by atoms with van der Waals surface area (Å²) in [7, 11) is 1.55. The number of halogens is 3. The molecule has 1 N–H and O–H groups in total. The summed E-state index contributed by atoms with van der Waals surface area (Å²) in [6, 6.07) is 5.28. The van der Waals surface area contributed by atoms with Gasteiger partial charge in [0.25, 0.3) is 0 Å². The molecule has 0 atom stereocenters. The highest BCUT2D eigenvalue weighted by Crippen LogP contribution is 2.31. The van der Waals surface area contributed by atoms with Crippen molar-refractivity contribution in [2.75, 3.05) is 7.11 Å². The van der Waals surface area contributed by atoms with Gasteiger partial charge in [-0.3, -0.25) is 0 Å². The molecule has 0 saturated carbocycles. The van der Waals surface area contributed by atoms with Gasteiger partial charge < -0.3 is 9.84 Å². The molecule has 0 unspecified atom stereocenters. The van der Waals surface area contributed by atoms with Crippen molar-refractivity contribution >= 4 is 51.3 Å². The minimum atomic E-state index is -0.121. The van der Waals surface area contributed by atoms with Crippen molar-refractivity contribution < 1.29 is 9.84 Å². The van der Waals surface area contributed by atoms with Gasteiger partial charge in [-0.2, -0.15) is 0 Å². The molecule has 2 rings (SSSR count). The molecule has 21 heavy (non-hydrogen) atoms. The average molecular weight is 389 g/mol. The quantitative estimate of drug-likeness (QED) is 0.816. The molecule has 0 aliphatic rings. The molecule has 0 bridgehead atoms. The Morgan fingerprint density at radius 1 is 1.33 bits per heavy atom. The van der Waals surface area contributed by atoms with Gasteiger partial charge in [0.2, 0.25) is 5.88 Å². The van der Waals surface area contributed by atoms with Gasteiger partial charge in [0, 0.05) is 21.8 Å². The predicted molar refractivity (Wildman–Crippen MR) is 89.8 cm³/mol. The zero-order valence-corrected chi connectivity index (χ0v) is 14.2. The largest absolute Gasteiger partial charge is 0.481 e. The minimum Gasteiger partial charge on any atom is -0.481 e.